The van der Waals surface area contributed by atoms with E-state index >= 15 is 0 Å². The second-order valence-corrected chi connectivity index (χ2v) is 4.43. The third-order valence-corrected chi connectivity index (χ3v) is 3.11. The summed E-state index contributed by atoms with van der Waals surface area (Å²) in [7, 11) is 0. The summed E-state index contributed by atoms with van der Waals surface area (Å²) in [6, 6.07) is 0. The molecule has 0 aliphatic rings. The fraction of sp³-hybridized carbons (Fsp3) is 0.500. The number of nitro groups is 1. The van der Waals surface area contributed by atoms with Crippen molar-refractivity contribution in [2.45, 2.75) is 12.8 Å². The Bertz CT molecular complexity index is 488. The van der Waals surface area contributed by atoms with Gasteiger partial charge in [-0.3, -0.25) is 10.1 Å². The maximum absolute atomic E-state index is 11.3. The summed E-state index contributed by atoms with van der Waals surface area (Å²) in [5.74, 6) is 0. The van der Waals surface area contributed by atoms with Gasteiger partial charge in [0.25, 0.3) is 5.69 Å². The van der Waals surface area contributed by atoms with E-state index in [0.717, 1.165) is 0 Å². The van der Waals surface area contributed by atoms with Gasteiger partial charge in [0.15, 0.2) is 0 Å². The highest BCUT2D eigenvalue weighted by Gasteiger charge is 2.27. The SMILES string of the molecule is NCCNc1c(N)c(CCO)c([N+](=O)[O-])c(CCO)c1N. The monoisotopic (exact) mass is 299 g/mol. The zero-order valence-electron chi connectivity index (χ0n) is 11.6. The van der Waals surface area contributed by atoms with Crippen LogP contribution in [-0.4, -0.2) is 41.4 Å². The molecule has 0 amide bonds. The lowest BCUT2D eigenvalue weighted by atomic mass is 9.96. The molecule has 0 heterocycles. The molecule has 1 aromatic carbocycles. The number of hydrogen-bond acceptors (Lipinski definition) is 8. The molecular weight excluding hydrogens is 278 g/mol. The lowest BCUT2D eigenvalue weighted by molar-refractivity contribution is -0.386. The van der Waals surface area contributed by atoms with E-state index in [1.165, 1.54) is 0 Å². The highest BCUT2D eigenvalue weighted by molar-refractivity contribution is 5.89. The van der Waals surface area contributed by atoms with Gasteiger partial charge in [-0.25, -0.2) is 0 Å². The van der Waals surface area contributed by atoms with E-state index in [9.17, 15) is 10.1 Å². The second kappa shape index (κ2) is 7.62. The molecule has 0 fully saturated rings. The minimum Gasteiger partial charge on any atom is -0.397 e. The van der Waals surface area contributed by atoms with Gasteiger partial charge >= 0.3 is 0 Å². The van der Waals surface area contributed by atoms with E-state index in [1.807, 2.05) is 0 Å². The molecule has 0 aliphatic carbocycles. The van der Waals surface area contributed by atoms with Gasteiger partial charge in [-0.05, 0) is 0 Å². The first kappa shape index (κ1) is 17.0. The van der Waals surface area contributed by atoms with Gasteiger partial charge in [0.05, 0.1) is 33.1 Å². The van der Waals surface area contributed by atoms with Crippen LogP contribution in [0.15, 0.2) is 0 Å². The fourth-order valence-electron chi connectivity index (χ4n) is 2.22. The Kier molecular flexibility index (Phi) is 6.15. The largest absolute Gasteiger partial charge is 0.397 e. The molecule has 0 saturated carbocycles. The molecule has 9 nitrogen and oxygen atoms in total. The van der Waals surface area contributed by atoms with Crippen molar-refractivity contribution in [1.29, 1.82) is 0 Å². The summed E-state index contributed by atoms with van der Waals surface area (Å²) in [5, 5.41) is 32.5. The summed E-state index contributed by atoms with van der Waals surface area (Å²) < 4.78 is 0. The number of hydrogen-bond donors (Lipinski definition) is 6. The molecule has 0 radical (unpaired) electrons. The molecule has 21 heavy (non-hydrogen) atoms. The van der Waals surface area contributed by atoms with Gasteiger partial charge in [-0.1, -0.05) is 0 Å². The van der Waals surface area contributed by atoms with Crippen LogP contribution in [0.1, 0.15) is 11.1 Å². The maximum Gasteiger partial charge on any atom is 0.280 e. The molecule has 0 aliphatic heterocycles. The summed E-state index contributed by atoms with van der Waals surface area (Å²) in [6.07, 6.45) is 0.0519. The summed E-state index contributed by atoms with van der Waals surface area (Å²) in [6.45, 7) is 0.150. The Morgan fingerprint density at radius 1 is 1.10 bits per heavy atom. The number of anilines is 3. The molecule has 9 heteroatoms. The van der Waals surface area contributed by atoms with Crippen molar-refractivity contribution in [2.75, 3.05) is 43.1 Å². The van der Waals surface area contributed by atoms with Crippen molar-refractivity contribution >= 4 is 22.7 Å². The Morgan fingerprint density at radius 3 is 1.90 bits per heavy atom. The van der Waals surface area contributed by atoms with Gasteiger partial charge in [0, 0.05) is 39.1 Å². The van der Waals surface area contributed by atoms with Crippen LogP contribution in [0.2, 0.25) is 0 Å². The third kappa shape index (κ3) is 3.51. The van der Waals surface area contributed by atoms with Crippen LogP contribution in [0.5, 0.6) is 0 Å². The molecule has 1 aromatic rings. The minimum atomic E-state index is -0.588. The van der Waals surface area contributed by atoms with Crippen molar-refractivity contribution in [3.05, 3.63) is 21.2 Å². The van der Waals surface area contributed by atoms with Gasteiger partial charge in [0.1, 0.15) is 0 Å². The van der Waals surface area contributed by atoms with E-state index < -0.39 is 4.92 Å². The predicted molar refractivity (Wildman–Crippen MR) is 81.0 cm³/mol. The van der Waals surface area contributed by atoms with Crippen LogP contribution in [0.3, 0.4) is 0 Å². The Labute approximate surface area is 121 Å². The van der Waals surface area contributed by atoms with Gasteiger partial charge in [-0.15, -0.1) is 0 Å². The van der Waals surface area contributed by atoms with E-state index in [4.69, 9.17) is 27.4 Å². The molecule has 0 spiro atoms. The van der Waals surface area contributed by atoms with Gasteiger partial charge in [0.2, 0.25) is 0 Å². The molecule has 0 aromatic heterocycles. The van der Waals surface area contributed by atoms with Crippen LogP contribution in [0.25, 0.3) is 0 Å². The van der Waals surface area contributed by atoms with E-state index in [0.29, 0.717) is 18.8 Å². The van der Waals surface area contributed by atoms with Gasteiger partial charge in [-0.2, -0.15) is 0 Å². The zero-order chi connectivity index (χ0) is 16.0. The quantitative estimate of drug-likeness (QED) is 0.205. The van der Waals surface area contributed by atoms with Crippen LogP contribution in [0, 0.1) is 10.1 Å². The minimum absolute atomic E-state index is 0.0260. The van der Waals surface area contributed by atoms with Crippen LogP contribution >= 0.6 is 0 Å². The van der Waals surface area contributed by atoms with Crippen LogP contribution in [-0.2, 0) is 12.8 Å². The number of nitrogen functional groups attached to an aromatic ring is 2. The molecule has 0 unspecified atom stereocenters. The van der Waals surface area contributed by atoms with Crippen molar-refractivity contribution < 1.29 is 15.1 Å². The molecule has 9 N–H and O–H groups in total. The van der Waals surface area contributed by atoms with E-state index in [1.54, 1.807) is 0 Å². The Balaban J connectivity index is 3.58. The van der Waals surface area contributed by atoms with E-state index in [-0.39, 0.29) is 54.2 Å². The lowest BCUT2D eigenvalue weighted by Gasteiger charge is -2.19. The van der Waals surface area contributed by atoms with Crippen molar-refractivity contribution in [3.8, 4) is 0 Å². The predicted octanol–water partition coefficient (Wildman–Crippen LogP) is -0.801. The first-order valence-corrected chi connectivity index (χ1v) is 6.52. The lowest BCUT2D eigenvalue weighted by Crippen LogP contribution is -2.18. The summed E-state index contributed by atoms with van der Waals surface area (Å²) in [5.41, 5.74) is 18.1. The maximum atomic E-state index is 11.3. The Hall–Kier alpha value is -2.10. The zero-order valence-corrected chi connectivity index (χ0v) is 11.6. The van der Waals surface area contributed by atoms with Crippen LogP contribution < -0.4 is 22.5 Å². The number of nitro benzene ring substituents is 1. The molecule has 1 rings (SSSR count). The number of benzene rings is 1. The third-order valence-electron chi connectivity index (χ3n) is 3.11. The molecule has 0 bridgehead atoms. The normalized spacial score (nSPS) is 10.6. The summed E-state index contributed by atoms with van der Waals surface area (Å²) in [4.78, 5) is 10.7. The number of nitrogens with two attached hydrogens (primary N) is 3. The number of rotatable bonds is 8. The average Bonchev–Trinajstić information content (AvgIpc) is 2.44. The first-order valence-electron chi connectivity index (χ1n) is 6.52. The van der Waals surface area contributed by atoms with Crippen molar-refractivity contribution in [2.24, 2.45) is 5.73 Å². The van der Waals surface area contributed by atoms with Gasteiger partial charge < -0.3 is 32.7 Å². The summed E-state index contributed by atoms with van der Waals surface area (Å²) >= 11 is 0. The van der Waals surface area contributed by atoms with Crippen molar-refractivity contribution in [3.63, 3.8) is 0 Å². The Morgan fingerprint density at radius 2 is 1.57 bits per heavy atom. The smallest absolute Gasteiger partial charge is 0.280 e. The average molecular weight is 299 g/mol. The molecule has 0 saturated heterocycles. The molecule has 118 valence electrons. The van der Waals surface area contributed by atoms with E-state index in [2.05, 4.69) is 5.32 Å². The standard InChI is InChI=1S/C12H21N5O4/c13-3-4-16-11-9(14)7(1-5-18)12(17(20)21)8(2-6-19)10(11)15/h16,18-19H,1-6,13-15H2. The van der Waals surface area contributed by atoms with Crippen molar-refractivity contribution in [1.82, 2.24) is 0 Å². The number of nitrogens with zero attached hydrogens (tertiary/aromatic N) is 1. The second-order valence-electron chi connectivity index (χ2n) is 4.43. The molecule has 0 atom stereocenters. The molecular formula is C12H21N5O4. The topological polar surface area (TPSA) is 174 Å². The fourth-order valence-corrected chi connectivity index (χ4v) is 2.22. The van der Waals surface area contributed by atoms with Crippen LogP contribution in [0.4, 0.5) is 22.7 Å². The number of nitrogens with one attached hydrogen (secondary N) is 1. The highest BCUT2D eigenvalue weighted by Crippen LogP contribution is 2.41. The first-order chi connectivity index (χ1) is 9.99. The highest BCUT2D eigenvalue weighted by atomic mass is 16.6. The number of aliphatic hydroxyl groups is 2. The number of aliphatic hydroxyl groups excluding tert-OH is 2.